The van der Waals surface area contributed by atoms with Crippen molar-refractivity contribution in [3.63, 3.8) is 0 Å². The minimum absolute atomic E-state index is 0.637. The van der Waals surface area contributed by atoms with Gasteiger partial charge < -0.3 is 10.2 Å². The zero-order chi connectivity index (χ0) is 11.8. The molecule has 2 rings (SSSR count). The quantitative estimate of drug-likeness (QED) is 0.835. The summed E-state index contributed by atoms with van der Waals surface area (Å²) < 4.78 is 0. The lowest BCUT2D eigenvalue weighted by Crippen LogP contribution is -2.32. The predicted octanol–water partition coefficient (Wildman–Crippen LogP) is 2.99. The summed E-state index contributed by atoms with van der Waals surface area (Å²) in [5.74, 6) is 0. The zero-order valence-corrected chi connectivity index (χ0v) is 10.2. The Hall–Kier alpha value is -0.570. The van der Waals surface area contributed by atoms with Gasteiger partial charge in [-0.25, -0.2) is 0 Å². The first-order valence-corrected chi connectivity index (χ1v) is 6.07. The van der Waals surface area contributed by atoms with E-state index in [1.807, 2.05) is 19.1 Å². The summed E-state index contributed by atoms with van der Waals surface area (Å²) in [6, 6.07) is 5.46. The van der Waals surface area contributed by atoms with Crippen molar-refractivity contribution in [2.75, 3.05) is 0 Å². The summed E-state index contributed by atoms with van der Waals surface area (Å²) in [5.41, 5.74) is 0.731. The minimum Gasteiger partial charge on any atom is -0.387 e. The summed E-state index contributed by atoms with van der Waals surface area (Å²) in [4.78, 5) is 0. The van der Waals surface area contributed by atoms with Crippen LogP contribution >= 0.6 is 11.6 Å². The van der Waals surface area contributed by atoms with Crippen molar-refractivity contribution in [1.82, 2.24) is 0 Å². The van der Waals surface area contributed by atoms with E-state index in [1.165, 1.54) is 0 Å². The minimum atomic E-state index is -0.960. The monoisotopic (exact) mass is 240 g/mol. The molecule has 16 heavy (non-hydrogen) atoms. The molecule has 0 saturated heterocycles. The molecule has 0 spiro atoms. The Bertz CT molecular complexity index is 384. The molecule has 0 bridgehead atoms. The highest BCUT2D eigenvalue weighted by molar-refractivity contribution is 6.31. The molecule has 2 nitrogen and oxygen atoms in total. The third-order valence-electron chi connectivity index (χ3n) is 3.49. The third-order valence-corrected chi connectivity index (χ3v) is 3.90. The van der Waals surface area contributed by atoms with E-state index in [4.69, 9.17) is 11.6 Å². The Labute approximate surface area is 101 Å². The number of aryl methyl sites for hydroxylation is 1. The normalized spacial score (nSPS) is 21.0. The highest BCUT2D eigenvalue weighted by atomic mass is 35.5. The van der Waals surface area contributed by atoms with E-state index in [1.54, 1.807) is 6.07 Å². The third kappa shape index (κ3) is 2.10. The molecule has 1 atom stereocenters. The Kier molecular flexibility index (Phi) is 3.24. The molecule has 3 heteroatoms. The number of aliphatic hydroxyl groups excluding tert-OH is 1. The van der Waals surface area contributed by atoms with Crippen molar-refractivity contribution < 1.29 is 10.2 Å². The molecule has 1 aromatic carbocycles. The number of aliphatic hydroxyl groups is 2. The summed E-state index contributed by atoms with van der Waals surface area (Å²) in [7, 11) is 0. The van der Waals surface area contributed by atoms with Crippen LogP contribution in [0, 0.1) is 6.92 Å². The number of hydrogen-bond donors (Lipinski definition) is 2. The van der Waals surface area contributed by atoms with Crippen LogP contribution in [-0.2, 0) is 0 Å². The second kappa shape index (κ2) is 4.36. The topological polar surface area (TPSA) is 40.5 Å². The molecular formula is C13H17ClO2. The Balaban J connectivity index is 2.26. The van der Waals surface area contributed by atoms with Gasteiger partial charge in [-0.3, -0.25) is 0 Å². The van der Waals surface area contributed by atoms with Crippen LogP contribution < -0.4 is 0 Å². The van der Waals surface area contributed by atoms with Crippen LogP contribution in [0.25, 0.3) is 0 Å². The van der Waals surface area contributed by atoms with Gasteiger partial charge in [0.05, 0.1) is 5.60 Å². The summed E-state index contributed by atoms with van der Waals surface area (Å²) in [6.07, 6.45) is 2.47. The van der Waals surface area contributed by atoms with E-state index in [0.29, 0.717) is 23.4 Å². The van der Waals surface area contributed by atoms with E-state index in [9.17, 15) is 10.2 Å². The average Bonchev–Trinajstić information content (AvgIpc) is 2.70. The van der Waals surface area contributed by atoms with Gasteiger partial charge in [0, 0.05) is 5.02 Å². The van der Waals surface area contributed by atoms with Gasteiger partial charge in [0.15, 0.2) is 0 Å². The standard InChI is InChI=1S/C13H17ClO2/c1-9-4-5-10(8-11(9)14)12(15)13(16)6-2-3-7-13/h4-5,8,12,15-16H,2-3,6-7H2,1H3. The Morgan fingerprint density at radius 2 is 1.94 bits per heavy atom. The van der Waals surface area contributed by atoms with Crippen LogP contribution in [0.3, 0.4) is 0 Å². The first kappa shape index (κ1) is 11.9. The van der Waals surface area contributed by atoms with Gasteiger partial charge in [-0.05, 0) is 37.0 Å². The largest absolute Gasteiger partial charge is 0.387 e. The van der Waals surface area contributed by atoms with E-state index in [2.05, 4.69) is 0 Å². The Morgan fingerprint density at radius 3 is 2.50 bits per heavy atom. The molecule has 1 unspecified atom stereocenters. The second-order valence-corrected chi connectivity index (χ2v) is 5.13. The molecule has 2 N–H and O–H groups in total. The van der Waals surface area contributed by atoms with Gasteiger partial charge in [0.1, 0.15) is 6.10 Å². The fourth-order valence-electron chi connectivity index (χ4n) is 2.35. The van der Waals surface area contributed by atoms with Crippen molar-refractivity contribution >= 4 is 11.6 Å². The Morgan fingerprint density at radius 1 is 1.31 bits per heavy atom. The molecule has 0 aromatic heterocycles. The molecule has 1 aromatic rings. The number of rotatable bonds is 2. The maximum absolute atomic E-state index is 10.3. The summed E-state index contributed by atoms with van der Waals surface area (Å²) in [5, 5.41) is 21.1. The lowest BCUT2D eigenvalue weighted by molar-refractivity contribution is -0.0719. The number of hydrogen-bond acceptors (Lipinski definition) is 2. The molecular weight excluding hydrogens is 224 g/mol. The zero-order valence-electron chi connectivity index (χ0n) is 9.41. The molecule has 1 fully saturated rings. The second-order valence-electron chi connectivity index (χ2n) is 4.72. The fourth-order valence-corrected chi connectivity index (χ4v) is 2.54. The van der Waals surface area contributed by atoms with Gasteiger partial charge in [0.25, 0.3) is 0 Å². The van der Waals surface area contributed by atoms with Crippen molar-refractivity contribution in [2.45, 2.75) is 44.3 Å². The first-order valence-electron chi connectivity index (χ1n) is 5.69. The van der Waals surface area contributed by atoms with E-state index >= 15 is 0 Å². The molecule has 0 radical (unpaired) electrons. The van der Waals surface area contributed by atoms with Gasteiger partial charge in [-0.15, -0.1) is 0 Å². The van der Waals surface area contributed by atoms with Crippen LogP contribution in [0.5, 0.6) is 0 Å². The lowest BCUT2D eigenvalue weighted by atomic mass is 9.89. The molecule has 0 aliphatic heterocycles. The maximum atomic E-state index is 10.3. The van der Waals surface area contributed by atoms with Gasteiger partial charge in [0.2, 0.25) is 0 Å². The average molecular weight is 241 g/mol. The number of halogens is 1. The molecule has 0 heterocycles. The van der Waals surface area contributed by atoms with Gasteiger partial charge in [-0.1, -0.05) is 36.6 Å². The summed E-state index contributed by atoms with van der Waals surface area (Å²) >= 11 is 6.02. The lowest BCUT2D eigenvalue weighted by Gasteiger charge is -2.29. The van der Waals surface area contributed by atoms with E-state index < -0.39 is 11.7 Å². The fraction of sp³-hybridized carbons (Fsp3) is 0.538. The SMILES string of the molecule is Cc1ccc(C(O)C2(O)CCCC2)cc1Cl. The molecule has 1 aliphatic rings. The van der Waals surface area contributed by atoms with Crippen molar-refractivity contribution in [3.05, 3.63) is 34.3 Å². The van der Waals surface area contributed by atoms with Gasteiger partial charge in [-0.2, -0.15) is 0 Å². The van der Waals surface area contributed by atoms with Gasteiger partial charge >= 0.3 is 0 Å². The summed E-state index contributed by atoms with van der Waals surface area (Å²) in [6.45, 7) is 1.92. The molecule has 1 saturated carbocycles. The predicted molar refractivity (Wildman–Crippen MR) is 64.6 cm³/mol. The van der Waals surface area contributed by atoms with Crippen molar-refractivity contribution in [1.29, 1.82) is 0 Å². The van der Waals surface area contributed by atoms with Crippen LogP contribution in [0.15, 0.2) is 18.2 Å². The van der Waals surface area contributed by atoms with Crippen molar-refractivity contribution in [3.8, 4) is 0 Å². The molecule has 1 aliphatic carbocycles. The highest BCUT2D eigenvalue weighted by Crippen LogP contribution is 2.40. The smallest absolute Gasteiger partial charge is 0.108 e. The molecule has 88 valence electrons. The van der Waals surface area contributed by atoms with E-state index in [-0.39, 0.29) is 0 Å². The maximum Gasteiger partial charge on any atom is 0.108 e. The highest BCUT2D eigenvalue weighted by Gasteiger charge is 2.39. The van der Waals surface area contributed by atoms with Crippen LogP contribution in [0.2, 0.25) is 5.02 Å². The van der Waals surface area contributed by atoms with Crippen LogP contribution in [0.1, 0.15) is 42.9 Å². The number of benzene rings is 1. The van der Waals surface area contributed by atoms with Crippen molar-refractivity contribution in [2.24, 2.45) is 0 Å². The van der Waals surface area contributed by atoms with Crippen LogP contribution in [0.4, 0.5) is 0 Å². The first-order chi connectivity index (χ1) is 7.53. The molecule has 0 amide bonds. The van der Waals surface area contributed by atoms with E-state index in [0.717, 1.165) is 18.4 Å². The van der Waals surface area contributed by atoms with Crippen LogP contribution in [-0.4, -0.2) is 15.8 Å².